The fraction of sp³-hybridized carbons (Fsp3) is 0.526. The van der Waals surface area contributed by atoms with Gasteiger partial charge in [0, 0.05) is 5.02 Å². The van der Waals surface area contributed by atoms with Gasteiger partial charge in [0.2, 0.25) is 5.91 Å². The van der Waals surface area contributed by atoms with Crippen LogP contribution in [0.4, 0.5) is 4.79 Å². The van der Waals surface area contributed by atoms with Gasteiger partial charge in [0.05, 0.1) is 18.1 Å². The van der Waals surface area contributed by atoms with E-state index in [0.29, 0.717) is 10.6 Å². The van der Waals surface area contributed by atoms with Crippen molar-refractivity contribution < 1.29 is 24.2 Å². The van der Waals surface area contributed by atoms with Crippen LogP contribution in [-0.2, 0) is 14.3 Å². The van der Waals surface area contributed by atoms with Crippen LogP contribution in [0.1, 0.15) is 46.2 Å². The van der Waals surface area contributed by atoms with Gasteiger partial charge in [0.25, 0.3) is 0 Å². The van der Waals surface area contributed by atoms with Crippen LogP contribution < -0.4 is 10.6 Å². The molecule has 0 bridgehead atoms. The Bertz CT molecular complexity index is 661. The van der Waals surface area contributed by atoms with Crippen molar-refractivity contribution in [1.29, 1.82) is 0 Å². The molecule has 0 aromatic heterocycles. The van der Waals surface area contributed by atoms with Gasteiger partial charge in [0.1, 0.15) is 6.04 Å². The molecule has 0 heterocycles. The number of benzene rings is 1. The zero-order chi connectivity index (χ0) is 20.7. The van der Waals surface area contributed by atoms with E-state index in [9.17, 15) is 19.5 Å². The predicted octanol–water partition coefficient (Wildman–Crippen LogP) is 3.38. The summed E-state index contributed by atoms with van der Waals surface area (Å²) in [6.45, 7) is 8.46. The highest BCUT2D eigenvalue weighted by atomic mass is 35.5. The van der Waals surface area contributed by atoms with Crippen molar-refractivity contribution in [3.8, 4) is 0 Å². The first-order valence-corrected chi connectivity index (χ1v) is 9.16. The largest absolute Gasteiger partial charge is 0.481 e. The number of carbonyl (C=O) groups excluding carboxylic acids is 2. The van der Waals surface area contributed by atoms with Gasteiger partial charge in [-0.1, -0.05) is 37.6 Å². The summed E-state index contributed by atoms with van der Waals surface area (Å²) in [7, 11) is 0. The normalized spacial score (nSPS) is 14.4. The fourth-order valence-corrected chi connectivity index (χ4v) is 2.59. The summed E-state index contributed by atoms with van der Waals surface area (Å²) >= 11 is 5.89. The quantitative estimate of drug-likeness (QED) is 0.622. The molecular formula is C19H27ClN2O5. The monoisotopic (exact) mass is 398 g/mol. The Hall–Kier alpha value is -2.28. The Morgan fingerprint density at radius 2 is 1.56 bits per heavy atom. The lowest BCUT2D eigenvalue weighted by atomic mass is 9.93. The lowest BCUT2D eigenvalue weighted by molar-refractivity contribution is -0.142. The number of carboxylic acid groups (broad SMARTS) is 1. The molecule has 7 nitrogen and oxygen atoms in total. The van der Waals surface area contributed by atoms with Gasteiger partial charge in [-0.2, -0.15) is 0 Å². The van der Waals surface area contributed by atoms with E-state index in [1.807, 2.05) is 0 Å². The zero-order valence-corrected chi connectivity index (χ0v) is 16.9. The first kappa shape index (κ1) is 22.8. The minimum absolute atomic E-state index is 0.226. The van der Waals surface area contributed by atoms with Crippen LogP contribution in [0.3, 0.4) is 0 Å². The molecule has 1 aromatic rings. The molecule has 8 heteroatoms. The van der Waals surface area contributed by atoms with Gasteiger partial charge in [-0.15, -0.1) is 0 Å². The number of nitrogens with one attached hydrogen (secondary N) is 2. The minimum Gasteiger partial charge on any atom is -0.481 e. The number of ether oxygens (including phenoxy) is 1. The van der Waals surface area contributed by atoms with E-state index >= 15 is 0 Å². The third kappa shape index (κ3) is 7.09. The van der Waals surface area contributed by atoms with Crippen LogP contribution in [0, 0.1) is 11.8 Å². The van der Waals surface area contributed by atoms with Crippen molar-refractivity contribution in [2.45, 2.75) is 52.8 Å². The molecule has 2 amide bonds. The second kappa shape index (κ2) is 10.2. The van der Waals surface area contributed by atoms with Crippen molar-refractivity contribution in [1.82, 2.24) is 10.6 Å². The summed E-state index contributed by atoms with van der Waals surface area (Å²) in [5.41, 5.74) is 0.606. The highest BCUT2D eigenvalue weighted by Crippen LogP contribution is 2.24. The molecule has 0 unspecified atom stereocenters. The summed E-state index contributed by atoms with van der Waals surface area (Å²) in [4.78, 5) is 36.2. The van der Waals surface area contributed by atoms with Crippen LogP contribution in [0.5, 0.6) is 0 Å². The molecule has 0 aliphatic carbocycles. The maximum Gasteiger partial charge on any atom is 0.408 e. The first-order valence-electron chi connectivity index (χ1n) is 8.78. The van der Waals surface area contributed by atoms with Crippen molar-refractivity contribution in [3.05, 3.63) is 34.9 Å². The zero-order valence-electron chi connectivity index (χ0n) is 16.2. The maximum atomic E-state index is 12.8. The minimum atomic E-state index is -1.05. The maximum absolute atomic E-state index is 12.8. The van der Waals surface area contributed by atoms with E-state index in [0.717, 1.165) is 0 Å². The number of halogens is 1. The molecular weight excluding hydrogens is 372 g/mol. The number of hydrogen-bond donors (Lipinski definition) is 3. The summed E-state index contributed by atoms with van der Waals surface area (Å²) in [6.07, 6.45) is -1.03. The van der Waals surface area contributed by atoms with E-state index in [2.05, 4.69) is 10.6 Å². The third-order valence-electron chi connectivity index (χ3n) is 3.98. The van der Waals surface area contributed by atoms with E-state index in [4.69, 9.17) is 16.3 Å². The van der Waals surface area contributed by atoms with Crippen LogP contribution in [0.15, 0.2) is 24.3 Å². The van der Waals surface area contributed by atoms with E-state index in [1.165, 1.54) is 6.92 Å². The number of aliphatic carboxylic acids is 1. The van der Waals surface area contributed by atoms with Gasteiger partial charge in [-0.25, -0.2) is 4.79 Å². The molecule has 0 spiro atoms. The van der Waals surface area contributed by atoms with E-state index in [1.54, 1.807) is 52.0 Å². The fourth-order valence-electron chi connectivity index (χ4n) is 2.46. The molecule has 0 radical (unpaired) electrons. The summed E-state index contributed by atoms with van der Waals surface area (Å²) in [6, 6.07) is 4.93. The summed E-state index contributed by atoms with van der Waals surface area (Å²) in [5.74, 6) is -2.65. The first-order chi connectivity index (χ1) is 12.5. The number of amides is 2. The van der Waals surface area contributed by atoms with Gasteiger partial charge < -0.3 is 20.5 Å². The third-order valence-corrected chi connectivity index (χ3v) is 4.23. The van der Waals surface area contributed by atoms with Gasteiger partial charge in [0.15, 0.2) is 0 Å². The Labute approximate surface area is 164 Å². The smallest absolute Gasteiger partial charge is 0.408 e. The number of carbonyl (C=O) groups is 3. The molecule has 0 fully saturated rings. The summed E-state index contributed by atoms with van der Waals surface area (Å²) in [5, 5.41) is 15.2. The van der Waals surface area contributed by atoms with E-state index < -0.39 is 36.0 Å². The Morgan fingerprint density at radius 3 is 2.00 bits per heavy atom. The van der Waals surface area contributed by atoms with Crippen molar-refractivity contribution in [2.24, 2.45) is 11.8 Å². The summed E-state index contributed by atoms with van der Waals surface area (Å²) < 4.78 is 5.03. The standard InChI is InChI=1S/C19H27ClN2O5/c1-10(2)15(22-19(26)27-11(3)4)17(23)21-16(12(5)18(24)25)13-6-8-14(20)9-7-13/h6-12,15-16H,1-5H3,(H,21,23)(H,22,26)(H,24,25)/t12-,15-,16+/m0/s1. The second-order valence-corrected chi connectivity index (χ2v) is 7.42. The second-order valence-electron chi connectivity index (χ2n) is 6.98. The van der Waals surface area contributed by atoms with Crippen molar-refractivity contribution in [3.63, 3.8) is 0 Å². The molecule has 150 valence electrons. The van der Waals surface area contributed by atoms with Crippen molar-refractivity contribution in [2.75, 3.05) is 0 Å². The average Bonchev–Trinajstić information content (AvgIpc) is 2.56. The van der Waals surface area contributed by atoms with Crippen molar-refractivity contribution >= 4 is 29.6 Å². The van der Waals surface area contributed by atoms with Crippen LogP contribution in [-0.4, -0.2) is 35.2 Å². The molecule has 0 aliphatic heterocycles. The Balaban J connectivity index is 3.02. The lowest BCUT2D eigenvalue weighted by Gasteiger charge is -2.28. The molecule has 1 aromatic carbocycles. The highest BCUT2D eigenvalue weighted by molar-refractivity contribution is 6.30. The van der Waals surface area contributed by atoms with E-state index in [-0.39, 0.29) is 12.0 Å². The molecule has 0 saturated carbocycles. The number of rotatable bonds is 8. The number of alkyl carbamates (subject to hydrolysis) is 1. The molecule has 0 saturated heterocycles. The molecule has 1 rings (SSSR count). The molecule has 27 heavy (non-hydrogen) atoms. The molecule has 3 atom stereocenters. The Morgan fingerprint density at radius 1 is 1.00 bits per heavy atom. The lowest BCUT2D eigenvalue weighted by Crippen LogP contribution is -2.51. The predicted molar refractivity (Wildman–Crippen MR) is 103 cm³/mol. The average molecular weight is 399 g/mol. The molecule has 3 N–H and O–H groups in total. The van der Waals surface area contributed by atoms with Gasteiger partial charge in [-0.3, -0.25) is 9.59 Å². The topological polar surface area (TPSA) is 105 Å². The SMILES string of the molecule is CC(C)OC(=O)N[C@H](C(=O)N[C@@H](c1ccc(Cl)cc1)[C@H](C)C(=O)O)C(C)C. The van der Waals surface area contributed by atoms with Gasteiger partial charge >= 0.3 is 12.1 Å². The number of hydrogen-bond acceptors (Lipinski definition) is 4. The molecule has 0 aliphatic rings. The highest BCUT2D eigenvalue weighted by Gasteiger charge is 2.31. The van der Waals surface area contributed by atoms with Gasteiger partial charge in [-0.05, 0) is 44.4 Å². The van der Waals surface area contributed by atoms with Crippen LogP contribution in [0.2, 0.25) is 5.02 Å². The number of carboxylic acids is 1. The van der Waals surface area contributed by atoms with Crippen LogP contribution in [0.25, 0.3) is 0 Å². The Kier molecular flexibility index (Phi) is 8.56. The van der Waals surface area contributed by atoms with Crippen LogP contribution >= 0.6 is 11.6 Å².